The number of benzene rings is 2. The number of nitrogens with one attached hydrogen (secondary N) is 2. The fraction of sp³-hybridized carbons (Fsp3) is 0.176. The maximum absolute atomic E-state index is 11.9. The van der Waals surface area contributed by atoms with Gasteiger partial charge in [-0.3, -0.25) is 19.7 Å². The summed E-state index contributed by atoms with van der Waals surface area (Å²) in [6.07, 6.45) is 0. The smallest absolute Gasteiger partial charge is 0.312 e. The fourth-order valence-electron chi connectivity index (χ4n) is 2.01. The highest BCUT2D eigenvalue weighted by Gasteiger charge is 2.16. The zero-order chi connectivity index (χ0) is 18.9. The van der Waals surface area contributed by atoms with Crippen LogP contribution in [-0.4, -0.2) is 37.0 Å². The quantitative estimate of drug-likeness (QED) is 0.547. The summed E-state index contributed by atoms with van der Waals surface area (Å²) in [6, 6.07) is 12.8. The number of ether oxygens (including phenoxy) is 2. The molecule has 0 aliphatic heterocycles. The number of hydrogen-bond acceptors (Lipinski definition) is 6. The summed E-state index contributed by atoms with van der Waals surface area (Å²) in [5.74, 6) is -0.376. The minimum Gasteiger partial charge on any atom is -0.490 e. The molecule has 2 N–H and O–H groups in total. The summed E-state index contributed by atoms with van der Waals surface area (Å²) < 4.78 is 10.1. The average Bonchev–Trinajstić information content (AvgIpc) is 2.65. The first kappa shape index (κ1) is 18.7. The number of nitro groups is 1. The van der Waals surface area contributed by atoms with Gasteiger partial charge in [-0.2, -0.15) is 0 Å². The van der Waals surface area contributed by atoms with Gasteiger partial charge in [0.1, 0.15) is 5.75 Å². The molecule has 0 atom stereocenters. The summed E-state index contributed by atoms with van der Waals surface area (Å²) in [5.41, 5.74) is -0.0529. The van der Waals surface area contributed by atoms with Crippen LogP contribution in [0.15, 0.2) is 48.5 Å². The van der Waals surface area contributed by atoms with E-state index in [1.807, 2.05) is 6.07 Å². The third-order valence-electron chi connectivity index (χ3n) is 3.22. The van der Waals surface area contributed by atoms with Crippen molar-refractivity contribution in [3.8, 4) is 11.5 Å². The Morgan fingerprint density at radius 2 is 1.85 bits per heavy atom. The van der Waals surface area contributed by atoms with Gasteiger partial charge >= 0.3 is 5.69 Å². The van der Waals surface area contributed by atoms with Gasteiger partial charge in [0.2, 0.25) is 5.91 Å². The predicted octanol–water partition coefficient (Wildman–Crippen LogP) is 1.74. The van der Waals surface area contributed by atoms with Crippen LogP contribution >= 0.6 is 0 Å². The zero-order valence-corrected chi connectivity index (χ0v) is 13.9. The fourth-order valence-corrected chi connectivity index (χ4v) is 2.01. The van der Waals surface area contributed by atoms with Gasteiger partial charge in [-0.15, -0.1) is 0 Å². The van der Waals surface area contributed by atoms with Crippen molar-refractivity contribution in [3.05, 3.63) is 58.6 Å². The number of carbonyl (C=O) groups is 2. The summed E-state index contributed by atoms with van der Waals surface area (Å²) in [7, 11) is 1.31. The molecule has 136 valence electrons. The Morgan fingerprint density at radius 3 is 2.50 bits per heavy atom. The summed E-state index contributed by atoms with van der Waals surface area (Å²) in [4.78, 5) is 33.9. The number of hydrogen-bond donors (Lipinski definition) is 2. The number of carbonyl (C=O) groups excluding carboxylic acids is 2. The third kappa shape index (κ3) is 5.48. The molecule has 9 nitrogen and oxygen atoms in total. The van der Waals surface area contributed by atoms with Gasteiger partial charge < -0.3 is 20.1 Å². The first-order valence-electron chi connectivity index (χ1n) is 7.56. The van der Waals surface area contributed by atoms with E-state index in [2.05, 4.69) is 10.6 Å². The zero-order valence-electron chi connectivity index (χ0n) is 13.9. The highest BCUT2D eigenvalue weighted by Crippen LogP contribution is 2.29. The molecule has 0 unspecified atom stereocenters. The number of methoxy groups -OCH3 is 1. The second-order valence-corrected chi connectivity index (χ2v) is 5.07. The van der Waals surface area contributed by atoms with E-state index in [9.17, 15) is 19.7 Å². The lowest BCUT2D eigenvalue weighted by Crippen LogP contribution is -2.35. The Bertz CT molecular complexity index is 794. The van der Waals surface area contributed by atoms with Gasteiger partial charge in [0.25, 0.3) is 5.91 Å². The molecule has 0 saturated carbocycles. The van der Waals surface area contributed by atoms with Crippen molar-refractivity contribution < 1.29 is 24.0 Å². The molecule has 2 aromatic carbocycles. The van der Waals surface area contributed by atoms with Crippen molar-refractivity contribution >= 4 is 23.2 Å². The van der Waals surface area contributed by atoms with Crippen molar-refractivity contribution in [1.82, 2.24) is 5.32 Å². The first-order chi connectivity index (χ1) is 12.5. The number of anilines is 1. The predicted molar refractivity (Wildman–Crippen MR) is 93.2 cm³/mol. The summed E-state index contributed by atoms with van der Waals surface area (Å²) in [6.45, 7) is -0.526. The molecule has 0 aliphatic rings. The van der Waals surface area contributed by atoms with E-state index in [0.717, 1.165) is 0 Å². The van der Waals surface area contributed by atoms with Crippen LogP contribution in [0, 0.1) is 10.1 Å². The van der Waals surface area contributed by atoms with Crippen molar-refractivity contribution in [2.45, 2.75) is 0 Å². The molecule has 0 saturated heterocycles. The summed E-state index contributed by atoms with van der Waals surface area (Å²) in [5, 5.41) is 15.8. The lowest BCUT2D eigenvalue weighted by Gasteiger charge is -2.09. The van der Waals surface area contributed by atoms with E-state index in [1.54, 1.807) is 24.3 Å². The van der Waals surface area contributed by atoms with Crippen molar-refractivity contribution in [1.29, 1.82) is 0 Å². The van der Waals surface area contributed by atoms with Crippen LogP contribution in [0.5, 0.6) is 11.5 Å². The number of rotatable bonds is 8. The van der Waals surface area contributed by atoms with Crippen LogP contribution < -0.4 is 20.1 Å². The van der Waals surface area contributed by atoms with Crippen LogP contribution in [0.25, 0.3) is 0 Å². The average molecular weight is 359 g/mol. The van der Waals surface area contributed by atoms with Gasteiger partial charge in [-0.05, 0) is 24.3 Å². The van der Waals surface area contributed by atoms with Gasteiger partial charge in [-0.1, -0.05) is 18.2 Å². The monoisotopic (exact) mass is 359 g/mol. The number of amides is 2. The lowest BCUT2D eigenvalue weighted by atomic mass is 10.2. The Kier molecular flexibility index (Phi) is 6.49. The normalized spacial score (nSPS) is 9.88. The Morgan fingerprint density at radius 1 is 1.12 bits per heavy atom. The van der Waals surface area contributed by atoms with E-state index in [0.29, 0.717) is 5.75 Å². The minimum atomic E-state index is -0.614. The SMILES string of the molecule is COc1ccc(NC(=O)CNC(=O)COc2ccccc2)cc1[N+](=O)[O-]. The van der Waals surface area contributed by atoms with Gasteiger partial charge in [0.15, 0.2) is 12.4 Å². The standard InChI is InChI=1S/C17H17N3O6/c1-25-15-8-7-12(9-14(15)20(23)24)19-16(21)10-18-17(22)11-26-13-5-3-2-4-6-13/h2-9H,10-11H2,1H3,(H,18,22)(H,19,21). The Balaban J connectivity index is 1.82. The number of nitrogens with zero attached hydrogens (tertiary/aromatic N) is 1. The highest BCUT2D eigenvalue weighted by molar-refractivity contribution is 5.95. The lowest BCUT2D eigenvalue weighted by molar-refractivity contribution is -0.385. The van der Waals surface area contributed by atoms with Gasteiger partial charge in [0.05, 0.1) is 18.6 Å². The molecule has 0 spiro atoms. The topological polar surface area (TPSA) is 120 Å². The molecule has 2 rings (SSSR count). The molecular formula is C17H17N3O6. The molecule has 2 aromatic rings. The van der Waals surface area contributed by atoms with E-state index in [4.69, 9.17) is 9.47 Å². The van der Waals surface area contributed by atoms with Gasteiger partial charge in [0, 0.05) is 11.8 Å². The van der Waals surface area contributed by atoms with Gasteiger partial charge in [-0.25, -0.2) is 0 Å². The van der Waals surface area contributed by atoms with E-state index >= 15 is 0 Å². The molecule has 0 aromatic heterocycles. The van der Waals surface area contributed by atoms with E-state index < -0.39 is 16.7 Å². The van der Waals surface area contributed by atoms with Crippen molar-refractivity contribution in [2.75, 3.05) is 25.6 Å². The minimum absolute atomic E-state index is 0.0827. The molecule has 0 heterocycles. The van der Waals surface area contributed by atoms with Crippen LogP contribution in [0.1, 0.15) is 0 Å². The molecule has 0 aliphatic carbocycles. The Labute approximate surface area is 149 Å². The van der Waals surface area contributed by atoms with Crippen LogP contribution in [0.4, 0.5) is 11.4 Å². The third-order valence-corrected chi connectivity index (χ3v) is 3.22. The molecule has 0 bridgehead atoms. The highest BCUT2D eigenvalue weighted by atomic mass is 16.6. The van der Waals surface area contributed by atoms with E-state index in [1.165, 1.54) is 25.3 Å². The molecule has 9 heteroatoms. The summed E-state index contributed by atoms with van der Waals surface area (Å²) >= 11 is 0. The Hall–Kier alpha value is -3.62. The number of para-hydroxylation sites is 1. The second kappa shape index (κ2) is 9.02. The number of nitro benzene ring substituents is 1. The van der Waals surface area contributed by atoms with Crippen molar-refractivity contribution in [3.63, 3.8) is 0 Å². The van der Waals surface area contributed by atoms with Crippen LogP contribution in [0.3, 0.4) is 0 Å². The molecule has 0 radical (unpaired) electrons. The molecule has 0 fully saturated rings. The molecule has 26 heavy (non-hydrogen) atoms. The molecular weight excluding hydrogens is 342 g/mol. The largest absolute Gasteiger partial charge is 0.490 e. The maximum Gasteiger partial charge on any atom is 0.312 e. The maximum atomic E-state index is 11.9. The van der Waals surface area contributed by atoms with Crippen molar-refractivity contribution in [2.24, 2.45) is 0 Å². The van der Waals surface area contributed by atoms with Crippen LogP contribution in [-0.2, 0) is 9.59 Å². The first-order valence-corrected chi connectivity index (χ1v) is 7.56. The molecule has 2 amide bonds. The second-order valence-electron chi connectivity index (χ2n) is 5.07. The van der Waals surface area contributed by atoms with E-state index in [-0.39, 0.29) is 30.3 Å². The van der Waals surface area contributed by atoms with Crippen LogP contribution in [0.2, 0.25) is 0 Å².